The van der Waals surface area contributed by atoms with Crippen LogP contribution in [0.25, 0.3) is 11.1 Å². The number of carbonyl (C=O) groups is 1. The molecule has 0 bridgehead atoms. The fraction of sp³-hybridized carbons (Fsp3) is 0.350. The quantitative estimate of drug-likeness (QED) is 0.170. The minimum absolute atomic E-state index is 0. The minimum Gasteiger partial charge on any atom is -0.790 e. The van der Waals surface area contributed by atoms with Crippen molar-refractivity contribution in [3.05, 3.63) is 53.1 Å². The second kappa shape index (κ2) is 14.2. The molecule has 0 spiro atoms. The summed E-state index contributed by atoms with van der Waals surface area (Å²) in [5.41, 5.74) is 1.79. The molecule has 5 atom stereocenters. The van der Waals surface area contributed by atoms with E-state index in [1.165, 1.54) is 13.2 Å². The van der Waals surface area contributed by atoms with E-state index in [0.29, 0.717) is 11.1 Å². The summed E-state index contributed by atoms with van der Waals surface area (Å²) in [6, 6.07) is 11.2. The van der Waals surface area contributed by atoms with E-state index < -0.39 is 51.1 Å². The van der Waals surface area contributed by atoms with E-state index in [0.717, 1.165) is 5.56 Å². The van der Waals surface area contributed by atoms with Gasteiger partial charge in [0.1, 0.15) is 30.2 Å². The average molecular weight is 549 g/mol. The number of rotatable bonds is 7. The van der Waals surface area contributed by atoms with Crippen LogP contribution in [0.5, 0.6) is 5.75 Å². The zero-order valence-electron chi connectivity index (χ0n) is 19.1. The van der Waals surface area contributed by atoms with Crippen LogP contribution in [0.2, 0.25) is 5.02 Å². The average Bonchev–Trinajstić information content (AvgIpc) is 2.78. The smallest absolute Gasteiger partial charge is 0.790 e. The van der Waals surface area contributed by atoms with Crippen LogP contribution in [0.4, 0.5) is 0 Å². The van der Waals surface area contributed by atoms with E-state index in [-0.39, 0.29) is 69.9 Å². The van der Waals surface area contributed by atoms with Crippen LogP contribution in [-0.4, -0.2) is 65.7 Å². The Bertz CT molecular complexity index is 1040. The van der Waals surface area contributed by atoms with Crippen molar-refractivity contribution in [3.8, 4) is 16.9 Å². The van der Waals surface area contributed by atoms with Crippen molar-refractivity contribution in [2.45, 2.75) is 30.7 Å². The number of aliphatic hydroxyl groups is 3. The van der Waals surface area contributed by atoms with Gasteiger partial charge in [0.05, 0.1) is 32.1 Å². The molecule has 2 aromatic rings. The summed E-state index contributed by atoms with van der Waals surface area (Å²) >= 11 is 6.28. The maximum atomic E-state index is 11.6. The van der Waals surface area contributed by atoms with Gasteiger partial charge in [0.15, 0.2) is 0 Å². The molecule has 0 aliphatic carbocycles. The minimum atomic E-state index is -5.36. The molecule has 180 valence electrons. The standard InChI is InChI=1S/C20H22ClO11P.2Na/c1-29-19(25)11-4-2-10(3-5-11)12-6-7-14(13(21)8-12)31-20-18(24)17(23)16(22)15(32-20)9-30-33(26,27)28;;/h2-8,15-18,20,22-24H,9H2,1H3,(H2,26,27,28);;/q;2*+1/p-2/t15-,16-,17+,18+,20+;;/m1../s1. The Morgan fingerprint density at radius 1 is 1.03 bits per heavy atom. The number of esters is 1. The number of methoxy groups -OCH3 is 1. The van der Waals surface area contributed by atoms with Crippen LogP contribution in [0.15, 0.2) is 42.5 Å². The maximum Gasteiger partial charge on any atom is 1.00 e. The molecule has 1 fully saturated rings. The van der Waals surface area contributed by atoms with E-state index >= 15 is 0 Å². The molecule has 3 rings (SSSR count). The second-order valence-electron chi connectivity index (χ2n) is 7.09. The molecule has 2 aromatic carbocycles. The molecular weight excluding hydrogens is 529 g/mol. The van der Waals surface area contributed by atoms with Gasteiger partial charge >= 0.3 is 65.1 Å². The number of phosphoric acid groups is 1. The summed E-state index contributed by atoms with van der Waals surface area (Å²) < 4.78 is 30.2. The van der Waals surface area contributed by atoms with Crippen LogP contribution in [-0.2, 0) is 18.6 Å². The van der Waals surface area contributed by atoms with Gasteiger partial charge in [0.2, 0.25) is 6.29 Å². The van der Waals surface area contributed by atoms with Crippen LogP contribution >= 0.6 is 19.4 Å². The van der Waals surface area contributed by atoms with Gasteiger partial charge in [0.25, 0.3) is 0 Å². The third-order valence-corrected chi connectivity index (χ3v) is 5.64. The Morgan fingerprint density at radius 2 is 1.63 bits per heavy atom. The van der Waals surface area contributed by atoms with E-state index in [1.54, 1.807) is 36.4 Å². The van der Waals surface area contributed by atoms with E-state index in [2.05, 4.69) is 9.26 Å². The zero-order chi connectivity index (χ0) is 24.3. The molecule has 0 radical (unpaired) electrons. The molecule has 11 nitrogen and oxygen atoms in total. The fourth-order valence-electron chi connectivity index (χ4n) is 3.13. The van der Waals surface area contributed by atoms with Crippen LogP contribution in [0, 0.1) is 0 Å². The molecule has 1 aliphatic heterocycles. The largest absolute Gasteiger partial charge is 1.00 e. The van der Waals surface area contributed by atoms with E-state index in [4.69, 9.17) is 21.1 Å². The number of hydrogen-bond acceptors (Lipinski definition) is 11. The molecule has 0 unspecified atom stereocenters. The topological polar surface area (TPSA) is 178 Å². The number of hydrogen-bond donors (Lipinski definition) is 3. The number of halogens is 1. The van der Waals surface area contributed by atoms with Crippen molar-refractivity contribution in [2.75, 3.05) is 13.7 Å². The van der Waals surface area contributed by atoms with Gasteiger partial charge in [-0.2, -0.15) is 0 Å². The van der Waals surface area contributed by atoms with Crippen molar-refractivity contribution >= 4 is 25.4 Å². The van der Waals surface area contributed by atoms with E-state index in [1.807, 2.05) is 0 Å². The molecule has 0 amide bonds. The molecule has 15 heteroatoms. The first-order valence-electron chi connectivity index (χ1n) is 9.51. The number of aliphatic hydroxyl groups excluding tert-OH is 3. The number of carbonyl (C=O) groups excluding carboxylic acids is 1. The first-order chi connectivity index (χ1) is 15.5. The van der Waals surface area contributed by atoms with Gasteiger partial charge in [-0.05, 0) is 35.4 Å². The predicted molar refractivity (Wildman–Crippen MR) is 109 cm³/mol. The van der Waals surface area contributed by atoms with Gasteiger partial charge in [-0.15, -0.1) is 0 Å². The maximum absolute atomic E-state index is 11.6. The third kappa shape index (κ3) is 8.75. The Labute approximate surface area is 250 Å². The van der Waals surface area contributed by atoms with Crippen molar-refractivity contribution in [3.63, 3.8) is 0 Å². The van der Waals surface area contributed by atoms with Gasteiger partial charge < -0.3 is 48.4 Å². The Morgan fingerprint density at radius 3 is 2.17 bits per heavy atom. The second-order valence-corrected chi connectivity index (χ2v) is 8.65. The van der Waals surface area contributed by atoms with E-state index in [9.17, 15) is 34.5 Å². The molecule has 35 heavy (non-hydrogen) atoms. The monoisotopic (exact) mass is 548 g/mol. The molecule has 3 N–H and O–H groups in total. The Balaban J connectivity index is 0.00000306. The molecule has 0 aromatic heterocycles. The van der Waals surface area contributed by atoms with Gasteiger partial charge in [0, 0.05) is 0 Å². The van der Waals surface area contributed by atoms with Crippen LogP contribution < -0.4 is 73.6 Å². The fourth-order valence-corrected chi connectivity index (χ4v) is 3.69. The first-order valence-corrected chi connectivity index (χ1v) is 11.3. The normalized spacial score (nSPS) is 24.0. The number of ether oxygens (including phenoxy) is 3. The van der Waals surface area contributed by atoms with Crippen LogP contribution in [0.3, 0.4) is 0 Å². The summed E-state index contributed by atoms with van der Waals surface area (Å²) in [5, 5.41) is 30.3. The Kier molecular flexibility index (Phi) is 13.4. The SMILES string of the molecule is COC(=O)c1ccc(-c2ccc(O[C@H]3O[C@H](COP(=O)([O-])[O-])[C@@H](O)[C@H](O)[C@@H]3O)c(Cl)c2)cc1.[Na+].[Na+]. The third-order valence-electron chi connectivity index (χ3n) is 4.88. The number of phosphoric ester groups is 1. The predicted octanol–water partition coefficient (Wildman–Crippen LogP) is -6.17. The molecule has 0 saturated carbocycles. The molecule has 1 heterocycles. The molecular formula is C20H20ClNa2O11P. The van der Waals surface area contributed by atoms with Gasteiger partial charge in [-0.3, -0.25) is 0 Å². The summed E-state index contributed by atoms with van der Waals surface area (Å²) in [7, 11) is -4.08. The van der Waals surface area contributed by atoms with Gasteiger partial charge in [-0.25, -0.2) is 4.79 Å². The summed E-state index contributed by atoms with van der Waals surface area (Å²) in [4.78, 5) is 32.9. The van der Waals surface area contributed by atoms with Crippen LogP contribution in [0.1, 0.15) is 10.4 Å². The van der Waals surface area contributed by atoms with Crippen molar-refractivity contribution < 1.29 is 112 Å². The zero-order valence-corrected chi connectivity index (χ0v) is 24.7. The molecule has 1 saturated heterocycles. The van der Waals surface area contributed by atoms with Crippen molar-refractivity contribution in [1.29, 1.82) is 0 Å². The first kappa shape index (κ1) is 33.0. The van der Waals surface area contributed by atoms with Gasteiger partial charge in [-0.1, -0.05) is 29.8 Å². The molecule has 1 aliphatic rings. The summed E-state index contributed by atoms with van der Waals surface area (Å²) in [6.07, 6.45) is -8.27. The summed E-state index contributed by atoms with van der Waals surface area (Å²) in [6.45, 7) is -0.886. The van der Waals surface area contributed by atoms with Crippen molar-refractivity contribution in [2.24, 2.45) is 0 Å². The Hall–Kier alpha value is -0.0500. The summed E-state index contributed by atoms with van der Waals surface area (Å²) in [5.74, 6) is -0.420. The number of benzene rings is 2. The van der Waals surface area contributed by atoms with Crippen molar-refractivity contribution in [1.82, 2.24) is 0 Å².